The molecule has 1 heterocycles. The Balaban J connectivity index is 0.000000149. The average Bonchev–Trinajstić information content (AvgIpc) is 2.75. The Hall–Kier alpha value is -2.62. The zero-order valence-electron chi connectivity index (χ0n) is 9.46. The largest absolute Gasteiger partial charge is 0.507 e. The second-order valence-corrected chi connectivity index (χ2v) is 3.69. The number of amides is 2. The van der Waals surface area contributed by atoms with E-state index in [-0.39, 0.29) is 11.8 Å². The minimum atomic E-state index is -0.329. The van der Waals surface area contributed by atoms with Crippen molar-refractivity contribution < 1.29 is 14.7 Å². The van der Waals surface area contributed by atoms with Crippen molar-refractivity contribution in [2.75, 3.05) is 0 Å². The number of rotatable bonds is 0. The number of imide groups is 1. The molecule has 90 valence electrons. The van der Waals surface area contributed by atoms with E-state index in [0.717, 1.165) is 10.8 Å². The van der Waals surface area contributed by atoms with Gasteiger partial charge < -0.3 is 5.11 Å². The first-order chi connectivity index (χ1) is 8.66. The maximum atomic E-state index is 10.0. The van der Waals surface area contributed by atoms with Crippen LogP contribution < -0.4 is 5.32 Å². The summed E-state index contributed by atoms with van der Waals surface area (Å²) >= 11 is 0. The van der Waals surface area contributed by atoms with Crippen molar-refractivity contribution in [1.29, 1.82) is 0 Å². The first-order valence-corrected chi connectivity index (χ1v) is 5.36. The third kappa shape index (κ3) is 2.74. The molecule has 0 bridgehead atoms. The van der Waals surface area contributed by atoms with E-state index in [1.54, 1.807) is 6.07 Å². The predicted molar refractivity (Wildman–Crippen MR) is 67.9 cm³/mol. The SMILES string of the molecule is O=C1C=CC(=O)N1.Oc1cccc2ccccc12. The second kappa shape index (κ2) is 5.14. The predicted octanol–water partition coefficient (Wildman–Crippen LogP) is 1.74. The van der Waals surface area contributed by atoms with Crippen molar-refractivity contribution >= 4 is 22.6 Å². The number of hydrogen-bond donors (Lipinski definition) is 2. The van der Waals surface area contributed by atoms with Gasteiger partial charge in [-0.05, 0) is 11.5 Å². The lowest BCUT2D eigenvalue weighted by atomic mass is 10.1. The Bertz CT molecular complexity index is 610. The van der Waals surface area contributed by atoms with Gasteiger partial charge in [0.05, 0.1) is 0 Å². The van der Waals surface area contributed by atoms with Gasteiger partial charge in [0.25, 0.3) is 11.8 Å². The number of nitrogens with one attached hydrogen (secondary N) is 1. The number of carbonyl (C=O) groups excluding carboxylic acids is 2. The minimum absolute atomic E-state index is 0.329. The number of phenolic OH excluding ortho intramolecular Hbond substituents is 1. The van der Waals surface area contributed by atoms with Crippen molar-refractivity contribution in [1.82, 2.24) is 5.32 Å². The zero-order chi connectivity index (χ0) is 13.0. The van der Waals surface area contributed by atoms with E-state index in [0.29, 0.717) is 5.75 Å². The van der Waals surface area contributed by atoms with Crippen LogP contribution in [0, 0.1) is 0 Å². The van der Waals surface area contributed by atoms with Crippen LogP contribution in [0.25, 0.3) is 10.8 Å². The number of fused-ring (bicyclic) bond motifs is 1. The van der Waals surface area contributed by atoms with Gasteiger partial charge in [-0.15, -0.1) is 0 Å². The molecule has 4 heteroatoms. The summed E-state index contributed by atoms with van der Waals surface area (Å²) in [6, 6.07) is 13.3. The lowest BCUT2D eigenvalue weighted by Gasteiger charge is -1.97. The van der Waals surface area contributed by atoms with Gasteiger partial charge in [-0.1, -0.05) is 36.4 Å². The Morgan fingerprint density at radius 1 is 0.833 bits per heavy atom. The minimum Gasteiger partial charge on any atom is -0.507 e. The van der Waals surface area contributed by atoms with Crippen LogP contribution in [-0.2, 0) is 9.59 Å². The van der Waals surface area contributed by atoms with Crippen molar-refractivity contribution in [3.05, 3.63) is 54.6 Å². The van der Waals surface area contributed by atoms with E-state index in [1.165, 1.54) is 12.2 Å². The molecule has 3 rings (SSSR count). The van der Waals surface area contributed by atoms with Gasteiger partial charge in [0.2, 0.25) is 0 Å². The molecule has 0 atom stereocenters. The van der Waals surface area contributed by atoms with Crippen LogP contribution in [0.5, 0.6) is 5.75 Å². The smallest absolute Gasteiger partial charge is 0.250 e. The lowest BCUT2D eigenvalue weighted by molar-refractivity contribution is -0.123. The van der Waals surface area contributed by atoms with Gasteiger partial charge in [-0.3, -0.25) is 14.9 Å². The molecular weight excluding hydrogens is 230 g/mol. The topological polar surface area (TPSA) is 66.4 Å². The first-order valence-electron chi connectivity index (χ1n) is 5.36. The molecule has 0 fully saturated rings. The fraction of sp³-hybridized carbons (Fsp3) is 0. The van der Waals surface area contributed by atoms with Gasteiger partial charge in [0.15, 0.2) is 0 Å². The second-order valence-electron chi connectivity index (χ2n) is 3.69. The Kier molecular flexibility index (Phi) is 3.38. The number of benzene rings is 2. The van der Waals surface area contributed by atoms with Crippen molar-refractivity contribution in [3.8, 4) is 5.75 Å². The molecule has 2 aromatic carbocycles. The third-order valence-electron chi connectivity index (χ3n) is 2.40. The van der Waals surface area contributed by atoms with Gasteiger partial charge in [-0.25, -0.2) is 0 Å². The highest BCUT2D eigenvalue weighted by Gasteiger charge is 2.06. The van der Waals surface area contributed by atoms with Crippen LogP contribution in [0.4, 0.5) is 0 Å². The summed E-state index contributed by atoms with van der Waals surface area (Å²) in [5.74, 6) is -0.307. The molecule has 1 aliphatic rings. The summed E-state index contributed by atoms with van der Waals surface area (Å²) < 4.78 is 0. The fourth-order valence-electron chi connectivity index (χ4n) is 1.56. The van der Waals surface area contributed by atoms with Crippen LogP contribution in [0.15, 0.2) is 54.6 Å². The van der Waals surface area contributed by atoms with E-state index >= 15 is 0 Å². The van der Waals surface area contributed by atoms with E-state index in [4.69, 9.17) is 0 Å². The van der Waals surface area contributed by atoms with E-state index in [1.807, 2.05) is 41.7 Å². The van der Waals surface area contributed by atoms with Gasteiger partial charge >= 0.3 is 0 Å². The van der Waals surface area contributed by atoms with Crippen LogP contribution in [0.3, 0.4) is 0 Å². The summed E-state index contributed by atoms with van der Waals surface area (Å²) in [6.45, 7) is 0. The maximum absolute atomic E-state index is 10.0. The molecule has 0 radical (unpaired) electrons. The highest BCUT2D eigenvalue weighted by Crippen LogP contribution is 2.22. The normalized spacial score (nSPS) is 13.1. The van der Waals surface area contributed by atoms with E-state index in [9.17, 15) is 14.7 Å². The molecule has 1 aliphatic heterocycles. The molecule has 2 amide bonds. The van der Waals surface area contributed by atoms with Gasteiger partial charge in [0, 0.05) is 17.5 Å². The van der Waals surface area contributed by atoms with Crippen LogP contribution in [0.1, 0.15) is 0 Å². The number of carbonyl (C=O) groups is 2. The van der Waals surface area contributed by atoms with Gasteiger partial charge in [0.1, 0.15) is 5.75 Å². The number of phenols is 1. The molecule has 18 heavy (non-hydrogen) atoms. The van der Waals surface area contributed by atoms with Crippen molar-refractivity contribution in [3.63, 3.8) is 0 Å². The lowest BCUT2D eigenvalue weighted by Crippen LogP contribution is -2.19. The standard InChI is InChI=1S/C10H8O.C4H3NO2/c11-10-7-3-5-8-4-1-2-6-9(8)10;6-3-1-2-4(7)5-3/h1-7,11H;1-2H,(H,5,6,7). The first kappa shape index (κ1) is 11.9. The molecule has 0 unspecified atom stereocenters. The van der Waals surface area contributed by atoms with E-state index in [2.05, 4.69) is 0 Å². The van der Waals surface area contributed by atoms with Crippen LogP contribution >= 0.6 is 0 Å². The highest BCUT2D eigenvalue weighted by molar-refractivity contribution is 6.12. The monoisotopic (exact) mass is 241 g/mol. The molecule has 2 N–H and O–H groups in total. The molecule has 0 saturated heterocycles. The summed E-state index contributed by atoms with van der Waals surface area (Å²) in [5.41, 5.74) is 0. The van der Waals surface area contributed by atoms with Crippen LogP contribution in [-0.4, -0.2) is 16.9 Å². The van der Waals surface area contributed by atoms with E-state index < -0.39 is 0 Å². The summed E-state index contributed by atoms with van der Waals surface area (Å²) in [4.78, 5) is 20.1. The van der Waals surface area contributed by atoms with Crippen LogP contribution in [0.2, 0.25) is 0 Å². The van der Waals surface area contributed by atoms with Gasteiger partial charge in [-0.2, -0.15) is 0 Å². The van der Waals surface area contributed by atoms with Crippen molar-refractivity contribution in [2.45, 2.75) is 0 Å². The number of aromatic hydroxyl groups is 1. The molecule has 0 aliphatic carbocycles. The molecule has 0 spiro atoms. The molecule has 4 nitrogen and oxygen atoms in total. The molecule has 0 saturated carbocycles. The summed E-state index contributed by atoms with van der Waals surface area (Å²) in [6.07, 6.45) is 2.39. The number of hydrogen-bond acceptors (Lipinski definition) is 3. The quantitative estimate of drug-likeness (QED) is 0.690. The maximum Gasteiger partial charge on any atom is 0.250 e. The Labute approximate surface area is 104 Å². The molecular formula is C14H11NO3. The highest BCUT2D eigenvalue weighted by atomic mass is 16.3. The fourth-order valence-corrected chi connectivity index (χ4v) is 1.56. The Morgan fingerprint density at radius 2 is 1.44 bits per heavy atom. The molecule has 2 aromatic rings. The molecule has 0 aromatic heterocycles. The zero-order valence-corrected chi connectivity index (χ0v) is 9.46. The average molecular weight is 241 g/mol. The Morgan fingerprint density at radius 3 is 2.00 bits per heavy atom. The van der Waals surface area contributed by atoms with Crippen molar-refractivity contribution in [2.24, 2.45) is 0 Å². The summed E-state index contributed by atoms with van der Waals surface area (Å²) in [5, 5.41) is 13.4. The summed E-state index contributed by atoms with van der Waals surface area (Å²) in [7, 11) is 0. The third-order valence-corrected chi connectivity index (χ3v) is 2.40.